The van der Waals surface area contributed by atoms with Crippen molar-refractivity contribution in [3.8, 4) is 0 Å². The highest BCUT2D eigenvalue weighted by Gasteiger charge is 2.11. The van der Waals surface area contributed by atoms with Gasteiger partial charge in [0.2, 0.25) is 0 Å². The number of benzene rings is 1. The lowest BCUT2D eigenvalue weighted by Crippen LogP contribution is -2.22. The van der Waals surface area contributed by atoms with Crippen molar-refractivity contribution >= 4 is 17.7 Å². The van der Waals surface area contributed by atoms with Crippen LogP contribution in [0, 0.1) is 0 Å². The lowest BCUT2D eigenvalue weighted by atomic mass is 10.2. The highest BCUT2D eigenvalue weighted by Crippen LogP contribution is 2.23. The Morgan fingerprint density at radius 2 is 2.06 bits per heavy atom. The number of rotatable bonds is 5. The first-order chi connectivity index (χ1) is 8.81. The van der Waals surface area contributed by atoms with Crippen LogP contribution in [0.1, 0.15) is 23.7 Å². The molecule has 2 rings (SSSR count). The van der Waals surface area contributed by atoms with Gasteiger partial charge in [0, 0.05) is 4.90 Å². The van der Waals surface area contributed by atoms with Crippen molar-refractivity contribution in [1.82, 2.24) is 14.9 Å². The summed E-state index contributed by atoms with van der Waals surface area (Å²) >= 11 is 1.69. The van der Waals surface area contributed by atoms with E-state index in [2.05, 4.69) is 22.5 Å². The average Bonchev–Trinajstić information content (AvgIpc) is 2.89. The second-order valence-electron chi connectivity index (χ2n) is 3.65. The van der Waals surface area contributed by atoms with Crippen molar-refractivity contribution in [1.29, 1.82) is 0 Å². The standard InChI is InChI=1S/C12H14N4OS/c1-2-7-18-11-6-4-3-5-10(11)12(17)15-16-8-13-14-9-16/h3-6,8-9H,2,7H2,1H3,(H,15,17). The molecule has 1 heterocycles. The Hall–Kier alpha value is -1.82. The van der Waals surface area contributed by atoms with Gasteiger partial charge < -0.3 is 0 Å². The first kappa shape index (κ1) is 12.6. The van der Waals surface area contributed by atoms with Crippen LogP contribution in [-0.4, -0.2) is 26.5 Å². The van der Waals surface area contributed by atoms with Gasteiger partial charge in [-0.05, 0) is 24.3 Å². The van der Waals surface area contributed by atoms with Gasteiger partial charge in [0.05, 0.1) is 5.56 Å². The van der Waals surface area contributed by atoms with Crippen LogP contribution in [0.4, 0.5) is 0 Å². The van der Waals surface area contributed by atoms with E-state index in [1.165, 1.54) is 17.3 Å². The summed E-state index contributed by atoms with van der Waals surface area (Å²) in [5.74, 6) is 0.839. The molecule has 6 heteroatoms. The Morgan fingerprint density at radius 3 is 2.78 bits per heavy atom. The van der Waals surface area contributed by atoms with Gasteiger partial charge in [0.25, 0.3) is 5.91 Å². The molecular weight excluding hydrogens is 248 g/mol. The Morgan fingerprint density at radius 1 is 1.33 bits per heavy atom. The summed E-state index contributed by atoms with van der Waals surface area (Å²) in [6.07, 6.45) is 3.96. The Bertz CT molecular complexity index is 513. The molecule has 2 aromatic rings. The molecule has 0 spiro atoms. The van der Waals surface area contributed by atoms with Gasteiger partial charge in [-0.3, -0.25) is 10.2 Å². The number of amides is 1. The minimum Gasteiger partial charge on any atom is -0.267 e. The molecule has 0 fully saturated rings. The van der Waals surface area contributed by atoms with E-state index in [0.717, 1.165) is 17.1 Å². The highest BCUT2D eigenvalue weighted by molar-refractivity contribution is 7.99. The SMILES string of the molecule is CCCSc1ccccc1C(=O)Nn1cnnc1. The van der Waals surface area contributed by atoms with E-state index < -0.39 is 0 Å². The fraction of sp³-hybridized carbons (Fsp3) is 0.250. The molecule has 1 aromatic heterocycles. The monoisotopic (exact) mass is 262 g/mol. The summed E-state index contributed by atoms with van der Waals surface area (Å²) in [6.45, 7) is 2.12. The molecular formula is C12H14N4OS. The molecule has 94 valence electrons. The third-order valence-electron chi connectivity index (χ3n) is 2.24. The van der Waals surface area contributed by atoms with E-state index in [1.807, 2.05) is 24.3 Å². The topological polar surface area (TPSA) is 59.8 Å². The third-order valence-corrected chi connectivity index (χ3v) is 3.52. The van der Waals surface area contributed by atoms with Gasteiger partial charge in [-0.25, -0.2) is 4.68 Å². The van der Waals surface area contributed by atoms with E-state index >= 15 is 0 Å². The van der Waals surface area contributed by atoms with E-state index in [9.17, 15) is 4.79 Å². The Kier molecular flexibility index (Phi) is 4.35. The van der Waals surface area contributed by atoms with Gasteiger partial charge in [-0.15, -0.1) is 22.0 Å². The zero-order valence-corrected chi connectivity index (χ0v) is 10.9. The summed E-state index contributed by atoms with van der Waals surface area (Å²) < 4.78 is 1.43. The first-order valence-corrected chi connectivity index (χ1v) is 6.67. The van der Waals surface area contributed by atoms with Crippen LogP contribution in [0.25, 0.3) is 0 Å². The van der Waals surface area contributed by atoms with E-state index in [4.69, 9.17) is 0 Å². The number of carbonyl (C=O) groups is 1. The van der Waals surface area contributed by atoms with Gasteiger partial charge >= 0.3 is 0 Å². The molecule has 5 nitrogen and oxygen atoms in total. The zero-order valence-electron chi connectivity index (χ0n) is 10.0. The third kappa shape index (κ3) is 3.10. The van der Waals surface area contributed by atoms with Crippen molar-refractivity contribution in [2.45, 2.75) is 18.2 Å². The van der Waals surface area contributed by atoms with Gasteiger partial charge in [-0.1, -0.05) is 19.1 Å². The normalized spacial score (nSPS) is 10.3. The van der Waals surface area contributed by atoms with Gasteiger partial charge in [0.15, 0.2) is 0 Å². The van der Waals surface area contributed by atoms with Gasteiger partial charge in [-0.2, -0.15) is 0 Å². The molecule has 0 saturated heterocycles. The van der Waals surface area contributed by atoms with Crippen molar-refractivity contribution in [2.24, 2.45) is 0 Å². The van der Waals surface area contributed by atoms with Gasteiger partial charge in [0.1, 0.15) is 12.7 Å². The lowest BCUT2D eigenvalue weighted by Gasteiger charge is -2.09. The summed E-state index contributed by atoms with van der Waals surface area (Å²) in [4.78, 5) is 13.1. The number of hydrogen-bond acceptors (Lipinski definition) is 4. The van der Waals surface area contributed by atoms with Crippen LogP contribution < -0.4 is 5.43 Å². The predicted molar refractivity (Wildman–Crippen MR) is 71.2 cm³/mol. The van der Waals surface area contributed by atoms with Crippen LogP contribution in [0.15, 0.2) is 41.8 Å². The predicted octanol–water partition coefficient (Wildman–Crippen LogP) is 2.16. The molecule has 0 bridgehead atoms. The van der Waals surface area contributed by atoms with Crippen LogP contribution in [0.3, 0.4) is 0 Å². The maximum atomic E-state index is 12.1. The molecule has 1 amide bonds. The molecule has 0 aliphatic rings. The first-order valence-electron chi connectivity index (χ1n) is 5.69. The van der Waals surface area contributed by atoms with E-state index in [-0.39, 0.29) is 5.91 Å². The molecule has 1 aromatic carbocycles. The number of thioether (sulfide) groups is 1. The summed E-state index contributed by atoms with van der Waals surface area (Å²) in [7, 11) is 0. The maximum absolute atomic E-state index is 12.1. The van der Waals surface area contributed by atoms with Crippen molar-refractivity contribution in [3.63, 3.8) is 0 Å². The molecule has 1 N–H and O–H groups in total. The minimum absolute atomic E-state index is 0.158. The van der Waals surface area contributed by atoms with Crippen LogP contribution in [0.2, 0.25) is 0 Å². The molecule has 0 atom stereocenters. The second kappa shape index (κ2) is 6.20. The highest BCUT2D eigenvalue weighted by atomic mass is 32.2. The minimum atomic E-state index is -0.158. The summed E-state index contributed by atoms with van der Waals surface area (Å²) in [5.41, 5.74) is 3.37. The number of nitrogens with zero attached hydrogens (tertiary/aromatic N) is 3. The second-order valence-corrected chi connectivity index (χ2v) is 4.79. The van der Waals surface area contributed by atoms with E-state index in [0.29, 0.717) is 5.56 Å². The fourth-order valence-corrected chi connectivity index (χ4v) is 2.34. The molecule has 0 aliphatic heterocycles. The molecule has 18 heavy (non-hydrogen) atoms. The largest absolute Gasteiger partial charge is 0.271 e. The Labute approximate surface area is 110 Å². The van der Waals surface area contributed by atoms with Crippen LogP contribution in [-0.2, 0) is 0 Å². The number of nitrogens with one attached hydrogen (secondary N) is 1. The average molecular weight is 262 g/mol. The fourth-order valence-electron chi connectivity index (χ4n) is 1.43. The van der Waals surface area contributed by atoms with Crippen molar-refractivity contribution < 1.29 is 4.79 Å². The van der Waals surface area contributed by atoms with Crippen molar-refractivity contribution in [3.05, 3.63) is 42.5 Å². The smallest absolute Gasteiger partial charge is 0.267 e. The van der Waals surface area contributed by atoms with Crippen LogP contribution >= 0.6 is 11.8 Å². The quantitative estimate of drug-likeness (QED) is 0.839. The lowest BCUT2D eigenvalue weighted by molar-refractivity contribution is 0.100. The maximum Gasteiger partial charge on any atom is 0.271 e. The number of aromatic nitrogens is 3. The number of carbonyl (C=O) groups excluding carboxylic acids is 1. The summed E-state index contributed by atoms with van der Waals surface area (Å²) in [5, 5.41) is 7.27. The number of hydrogen-bond donors (Lipinski definition) is 1. The molecule has 0 unspecified atom stereocenters. The molecule has 0 saturated carbocycles. The van der Waals surface area contributed by atoms with Crippen LogP contribution in [0.5, 0.6) is 0 Å². The van der Waals surface area contributed by atoms with Crippen molar-refractivity contribution in [2.75, 3.05) is 11.2 Å². The zero-order chi connectivity index (χ0) is 12.8. The van der Waals surface area contributed by atoms with E-state index in [1.54, 1.807) is 11.8 Å². The Balaban J connectivity index is 2.13. The molecule has 0 radical (unpaired) electrons. The molecule has 0 aliphatic carbocycles. The summed E-state index contributed by atoms with van der Waals surface area (Å²) in [6, 6.07) is 7.57.